The van der Waals surface area contributed by atoms with Crippen molar-refractivity contribution in [3.8, 4) is 17.2 Å². The molecule has 0 saturated heterocycles. The third-order valence-electron chi connectivity index (χ3n) is 6.78. The first-order chi connectivity index (χ1) is 17.5. The molecule has 0 bridgehead atoms. The first-order valence-electron chi connectivity index (χ1n) is 12.0. The Labute approximate surface area is 216 Å². The molecule has 6 nitrogen and oxygen atoms in total. The molecule has 7 heteroatoms. The first kappa shape index (κ1) is 24.1. The third-order valence-corrected chi connectivity index (χ3v) is 7.07. The van der Waals surface area contributed by atoms with Crippen LogP contribution < -0.4 is 24.8 Å². The van der Waals surface area contributed by atoms with Gasteiger partial charge in [0, 0.05) is 17.7 Å². The van der Waals surface area contributed by atoms with Gasteiger partial charge in [0.1, 0.15) is 5.75 Å². The molecule has 0 amide bonds. The van der Waals surface area contributed by atoms with Gasteiger partial charge in [0.25, 0.3) is 0 Å². The standard InChI is InChI=1S/C29H29ClN2O4/c1-4-36-25-11-10-18(13-20(25)30)29-28-23(31-21-7-5-6-8-22(21)32-29)14-19(15-24(28)33)17-9-12-26(34-2)27(16-17)35-3/h5-13,16,19,29,31-32H,4,14-15H2,1-3H3. The monoisotopic (exact) mass is 504 g/mol. The smallest absolute Gasteiger partial charge is 0.163 e. The number of benzene rings is 3. The Bertz CT molecular complexity index is 1340. The van der Waals surface area contributed by atoms with E-state index in [1.807, 2.05) is 67.6 Å². The van der Waals surface area contributed by atoms with E-state index in [1.54, 1.807) is 14.2 Å². The summed E-state index contributed by atoms with van der Waals surface area (Å²) >= 11 is 6.54. The maximum Gasteiger partial charge on any atom is 0.163 e. The lowest BCUT2D eigenvalue weighted by molar-refractivity contribution is -0.116. The minimum atomic E-state index is -0.344. The summed E-state index contributed by atoms with van der Waals surface area (Å²) in [6.45, 7) is 2.45. The van der Waals surface area contributed by atoms with Crippen molar-refractivity contribution in [3.63, 3.8) is 0 Å². The van der Waals surface area contributed by atoms with Gasteiger partial charge in [0.05, 0.1) is 43.3 Å². The maximum absolute atomic E-state index is 13.8. The Morgan fingerprint density at radius 1 is 0.889 bits per heavy atom. The summed E-state index contributed by atoms with van der Waals surface area (Å²) < 4.78 is 16.5. The Hall–Kier alpha value is -3.64. The molecular weight excluding hydrogens is 476 g/mol. The van der Waals surface area contributed by atoms with Gasteiger partial charge in [-0.25, -0.2) is 0 Å². The number of fused-ring (bicyclic) bond motifs is 1. The summed E-state index contributed by atoms with van der Waals surface area (Å²) in [5.41, 5.74) is 5.47. The summed E-state index contributed by atoms with van der Waals surface area (Å²) in [4.78, 5) is 13.8. The zero-order chi connectivity index (χ0) is 25.2. The van der Waals surface area contributed by atoms with Crippen molar-refractivity contribution in [2.45, 2.75) is 31.7 Å². The van der Waals surface area contributed by atoms with Crippen LogP contribution >= 0.6 is 11.6 Å². The van der Waals surface area contributed by atoms with Crippen molar-refractivity contribution in [1.29, 1.82) is 0 Å². The number of rotatable bonds is 6. The summed E-state index contributed by atoms with van der Waals surface area (Å²) in [7, 11) is 3.24. The van der Waals surface area contributed by atoms with E-state index < -0.39 is 0 Å². The fraction of sp³-hybridized carbons (Fsp3) is 0.276. The average molecular weight is 505 g/mol. The van der Waals surface area contributed by atoms with Crippen LogP contribution in [0.5, 0.6) is 17.2 Å². The summed E-state index contributed by atoms with van der Waals surface area (Å²) in [5, 5.41) is 7.69. The number of methoxy groups -OCH3 is 2. The van der Waals surface area contributed by atoms with E-state index in [0.29, 0.717) is 41.7 Å². The van der Waals surface area contributed by atoms with Gasteiger partial charge < -0.3 is 24.8 Å². The first-order valence-corrected chi connectivity index (χ1v) is 12.4. The van der Waals surface area contributed by atoms with Crippen LogP contribution in [-0.2, 0) is 4.79 Å². The highest BCUT2D eigenvalue weighted by atomic mass is 35.5. The number of nitrogens with one attached hydrogen (secondary N) is 2. The van der Waals surface area contributed by atoms with Crippen LogP contribution in [0.25, 0.3) is 0 Å². The van der Waals surface area contributed by atoms with Gasteiger partial charge in [-0.15, -0.1) is 0 Å². The van der Waals surface area contributed by atoms with Gasteiger partial charge in [0.2, 0.25) is 0 Å². The number of halogens is 1. The maximum atomic E-state index is 13.8. The molecule has 36 heavy (non-hydrogen) atoms. The lowest BCUT2D eigenvalue weighted by Gasteiger charge is -2.30. The van der Waals surface area contributed by atoms with Gasteiger partial charge in [-0.05, 0) is 66.8 Å². The fourth-order valence-corrected chi connectivity index (χ4v) is 5.30. The summed E-state index contributed by atoms with van der Waals surface area (Å²) in [5.74, 6) is 2.07. The van der Waals surface area contributed by atoms with E-state index in [-0.39, 0.29) is 17.7 Å². The van der Waals surface area contributed by atoms with E-state index in [0.717, 1.165) is 33.8 Å². The van der Waals surface area contributed by atoms with E-state index >= 15 is 0 Å². The highest BCUT2D eigenvalue weighted by molar-refractivity contribution is 6.32. The second-order valence-corrected chi connectivity index (χ2v) is 9.31. The van der Waals surface area contributed by atoms with Crippen molar-refractivity contribution < 1.29 is 19.0 Å². The Morgan fingerprint density at radius 2 is 1.61 bits per heavy atom. The normalized spacial score (nSPS) is 18.8. The number of carbonyl (C=O) groups excluding carboxylic acids is 1. The SMILES string of the molecule is CCOc1ccc(C2Nc3ccccc3NC3=C2C(=O)CC(c2ccc(OC)c(OC)c2)C3)cc1Cl. The van der Waals surface area contributed by atoms with Crippen molar-refractivity contribution >= 4 is 28.8 Å². The molecular formula is C29H29ClN2O4. The minimum absolute atomic E-state index is 0.0124. The molecule has 3 aromatic carbocycles. The highest BCUT2D eigenvalue weighted by Gasteiger charge is 2.36. The van der Waals surface area contributed by atoms with Gasteiger partial charge in [-0.1, -0.05) is 35.9 Å². The van der Waals surface area contributed by atoms with Crippen molar-refractivity contribution in [2.75, 3.05) is 31.5 Å². The predicted octanol–water partition coefficient (Wildman–Crippen LogP) is 6.74. The molecule has 1 aliphatic carbocycles. The zero-order valence-corrected chi connectivity index (χ0v) is 21.3. The van der Waals surface area contributed by atoms with Gasteiger partial charge >= 0.3 is 0 Å². The number of anilines is 2. The molecule has 0 fully saturated rings. The van der Waals surface area contributed by atoms with Crippen LogP contribution in [0.1, 0.15) is 42.9 Å². The molecule has 186 valence electrons. The molecule has 1 heterocycles. The lowest BCUT2D eigenvalue weighted by Crippen LogP contribution is -2.27. The molecule has 0 saturated carbocycles. The van der Waals surface area contributed by atoms with Crippen LogP contribution in [0.3, 0.4) is 0 Å². The second-order valence-electron chi connectivity index (χ2n) is 8.91. The number of ether oxygens (including phenoxy) is 3. The van der Waals surface area contributed by atoms with Crippen molar-refractivity contribution in [3.05, 3.63) is 88.1 Å². The molecule has 0 spiro atoms. The Kier molecular flexibility index (Phi) is 6.79. The molecule has 2 atom stereocenters. The number of carbonyl (C=O) groups is 1. The zero-order valence-electron chi connectivity index (χ0n) is 20.6. The molecule has 0 aromatic heterocycles. The number of Topliss-reactive ketones (excluding diaryl/α,β-unsaturated/α-hetero) is 1. The van der Waals surface area contributed by atoms with Crippen molar-refractivity contribution in [1.82, 2.24) is 0 Å². The Morgan fingerprint density at radius 3 is 2.33 bits per heavy atom. The largest absolute Gasteiger partial charge is 0.493 e. The number of hydrogen-bond acceptors (Lipinski definition) is 6. The molecule has 2 unspecified atom stereocenters. The van der Waals surface area contributed by atoms with E-state index in [4.69, 9.17) is 25.8 Å². The lowest BCUT2D eigenvalue weighted by atomic mass is 9.78. The topological polar surface area (TPSA) is 68.8 Å². The second kappa shape index (κ2) is 10.2. The highest BCUT2D eigenvalue weighted by Crippen LogP contribution is 2.45. The molecule has 2 N–H and O–H groups in total. The van der Waals surface area contributed by atoms with Crippen LogP contribution in [0.4, 0.5) is 11.4 Å². The third kappa shape index (κ3) is 4.49. The molecule has 1 aliphatic heterocycles. The van der Waals surface area contributed by atoms with Gasteiger partial charge in [-0.3, -0.25) is 4.79 Å². The van der Waals surface area contributed by atoms with Crippen LogP contribution in [0, 0.1) is 0 Å². The predicted molar refractivity (Wildman–Crippen MR) is 143 cm³/mol. The number of para-hydroxylation sites is 2. The van der Waals surface area contributed by atoms with E-state index in [2.05, 4.69) is 10.6 Å². The minimum Gasteiger partial charge on any atom is -0.493 e. The van der Waals surface area contributed by atoms with Crippen LogP contribution in [-0.4, -0.2) is 26.6 Å². The van der Waals surface area contributed by atoms with Crippen LogP contribution in [0.2, 0.25) is 5.02 Å². The van der Waals surface area contributed by atoms with Gasteiger partial charge in [-0.2, -0.15) is 0 Å². The number of hydrogen-bond donors (Lipinski definition) is 2. The molecule has 5 rings (SSSR count). The average Bonchev–Trinajstić information content (AvgIpc) is 3.06. The van der Waals surface area contributed by atoms with Gasteiger partial charge in [0.15, 0.2) is 17.3 Å². The van der Waals surface area contributed by atoms with E-state index in [9.17, 15) is 4.79 Å². The number of ketones is 1. The van der Waals surface area contributed by atoms with E-state index in [1.165, 1.54) is 0 Å². The Balaban J connectivity index is 1.57. The summed E-state index contributed by atoms with van der Waals surface area (Å²) in [6.07, 6.45) is 1.09. The summed E-state index contributed by atoms with van der Waals surface area (Å²) in [6, 6.07) is 19.3. The quantitative estimate of drug-likeness (QED) is 0.387. The molecule has 2 aliphatic rings. The fourth-order valence-electron chi connectivity index (χ4n) is 5.05. The van der Waals surface area contributed by atoms with Crippen molar-refractivity contribution in [2.24, 2.45) is 0 Å². The molecule has 0 radical (unpaired) electrons. The molecule has 3 aromatic rings. The number of allylic oxidation sites excluding steroid dienone is 1. The van der Waals surface area contributed by atoms with Crippen LogP contribution in [0.15, 0.2) is 71.9 Å².